The van der Waals surface area contributed by atoms with Crippen molar-refractivity contribution in [2.24, 2.45) is 0 Å². The van der Waals surface area contributed by atoms with Gasteiger partial charge in [0.05, 0.1) is 13.1 Å². The number of aryl methyl sites for hydroxylation is 1. The molecule has 1 aromatic heterocycles. The van der Waals surface area contributed by atoms with Crippen LogP contribution in [0.2, 0.25) is 5.02 Å². The van der Waals surface area contributed by atoms with Crippen LogP contribution in [0.1, 0.15) is 21.7 Å². The standard InChI is InChI=1S/C27H31ClN2O4S/c1-21-9-14-25(35-21)18-30(17-22-7-4-3-5-8-22)26(31)19-29(15-6-16-33-2)27(32)20-34-24-12-10-23(28)11-13-24/h3-5,7-14H,6,15-20H2,1-2H3. The monoisotopic (exact) mass is 514 g/mol. The first-order valence-corrected chi connectivity index (χ1v) is 12.7. The molecule has 0 spiro atoms. The molecule has 0 aliphatic carbocycles. The summed E-state index contributed by atoms with van der Waals surface area (Å²) in [6, 6.07) is 20.8. The molecule has 2 aromatic carbocycles. The molecule has 0 N–H and O–H groups in total. The fourth-order valence-electron chi connectivity index (χ4n) is 3.52. The molecule has 0 saturated heterocycles. The fraction of sp³-hybridized carbons (Fsp3) is 0.333. The summed E-state index contributed by atoms with van der Waals surface area (Å²) in [4.78, 5) is 32.1. The third-order valence-corrected chi connectivity index (χ3v) is 6.58. The summed E-state index contributed by atoms with van der Waals surface area (Å²) in [7, 11) is 1.62. The van der Waals surface area contributed by atoms with Crippen LogP contribution in [-0.2, 0) is 27.4 Å². The SMILES string of the molecule is COCCCN(CC(=O)N(Cc1ccccc1)Cc1ccc(C)s1)C(=O)COc1ccc(Cl)cc1. The molecule has 3 aromatic rings. The van der Waals surface area contributed by atoms with Gasteiger partial charge in [-0.25, -0.2) is 0 Å². The number of methoxy groups -OCH3 is 1. The fourth-order valence-corrected chi connectivity index (χ4v) is 4.55. The number of rotatable bonds is 13. The lowest BCUT2D eigenvalue weighted by molar-refractivity contribution is -0.142. The van der Waals surface area contributed by atoms with E-state index < -0.39 is 0 Å². The van der Waals surface area contributed by atoms with Gasteiger partial charge in [-0.3, -0.25) is 9.59 Å². The van der Waals surface area contributed by atoms with Crippen molar-refractivity contribution < 1.29 is 19.1 Å². The topological polar surface area (TPSA) is 59.1 Å². The van der Waals surface area contributed by atoms with Gasteiger partial charge >= 0.3 is 0 Å². The van der Waals surface area contributed by atoms with Gasteiger partial charge in [-0.15, -0.1) is 11.3 Å². The van der Waals surface area contributed by atoms with Gasteiger partial charge in [0.1, 0.15) is 5.75 Å². The Bertz CT molecular complexity index is 1070. The average Bonchev–Trinajstić information content (AvgIpc) is 3.27. The minimum Gasteiger partial charge on any atom is -0.484 e. The van der Waals surface area contributed by atoms with Gasteiger partial charge in [0.2, 0.25) is 5.91 Å². The molecule has 186 valence electrons. The van der Waals surface area contributed by atoms with Gasteiger partial charge < -0.3 is 19.3 Å². The van der Waals surface area contributed by atoms with Crippen LogP contribution in [0, 0.1) is 6.92 Å². The van der Waals surface area contributed by atoms with Gasteiger partial charge in [-0.1, -0.05) is 41.9 Å². The molecule has 6 nitrogen and oxygen atoms in total. The van der Waals surface area contributed by atoms with E-state index in [-0.39, 0.29) is 25.0 Å². The molecule has 0 fully saturated rings. The maximum Gasteiger partial charge on any atom is 0.260 e. The zero-order valence-electron chi connectivity index (χ0n) is 20.1. The largest absolute Gasteiger partial charge is 0.484 e. The Morgan fingerprint density at radius 2 is 1.66 bits per heavy atom. The molecule has 0 aliphatic rings. The highest BCUT2D eigenvalue weighted by Gasteiger charge is 2.22. The Balaban J connectivity index is 1.70. The Labute approximate surface area is 216 Å². The molecule has 0 saturated carbocycles. The van der Waals surface area contributed by atoms with Crippen LogP contribution in [0.3, 0.4) is 0 Å². The molecule has 35 heavy (non-hydrogen) atoms. The minimum absolute atomic E-state index is 0.0241. The van der Waals surface area contributed by atoms with E-state index in [1.165, 1.54) is 4.88 Å². The van der Waals surface area contributed by atoms with E-state index in [0.717, 1.165) is 10.4 Å². The summed E-state index contributed by atoms with van der Waals surface area (Å²) in [5.74, 6) is 0.179. The van der Waals surface area contributed by atoms with Gasteiger partial charge in [-0.2, -0.15) is 0 Å². The molecule has 3 rings (SSSR count). The van der Waals surface area contributed by atoms with Crippen LogP contribution < -0.4 is 4.74 Å². The van der Waals surface area contributed by atoms with E-state index in [1.54, 1.807) is 52.5 Å². The first-order valence-electron chi connectivity index (χ1n) is 11.5. The second-order valence-electron chi connectivity index (χ2n) is 8.15. The van der Waals surface area contributed by atoms with Crippen molar-refractivity contribution in [3.8, 4) is 5.75 Å². The number of amides is 2. The predicted octanol–water partition coefficient (Wildman–Crippen LogP) is 5.18. The highest BCUT2D eigenvalue weighted by atomic mass is 35.5. The van der Waals surface area contributed by atoms with Crippen LogP contribution >= 0.6 is 22.9 Å². The highest BCUT2D eigenvalue weighted by Crippen LogP contribution is 2.19. The Kier molecular flexibility index (Phi) is 10.6. The molecular formula is C27H31ClN2O4S. The van der Waals surface area contributed by atoms with Crippen molar-refractivity contribution in [1.82, 2.24) is 9.80 Å². The zero-order chi connectivity index (χ0) is 25.0. The van der Waals surface area contributed by atoms with Crippen molar-refractivity contribution in [2.45, 2.75) is 26.4 Å². The average molecular weight is 515 g/mol. The first-order chi connectivity index (χ1) is 16.9. The second-order valence-corrected chi connectivity index (χ2v) is 9.96. The summed E-state index contributed by atoms with van der Waals surface area (Å²) in [6.45, 7) is 3.73. The van der Waals surface area contributed by atoms with E-state index in [1.807, 2.05) is 36.4 Å². The maximum absolute atomic E-state index is 13.5. The molecule has 2 amide bonds. The zero-order valence-corrected chi connectivity index (χ0v) is 21.7. The number of hydrogen-bond acceptors (Lipinski definition) is 5. The minimum atomic E-state index is -0.254. The van der Waals surface area contributed by atoms with Crippen molar-refractivity contribution >= 4 is 34.8 Å². The summed E-state index contributed by atoms with van der Waals surface area (Å²) in [6.07, 6.45) is 0.624. The molecule has 0 bridgehead atoms. The second kappa shape index (κ2) is 13.9. The molecule has 0 unspecified atom stereocenters. The Morgan fingerprint density at radius 3 is 2.31 bits per heavy atom. The first kappa shape index (κ1) is 26.7. The number of benzene rings is 2. The maximum atomic E-state index is 13.5. The third kappa shape index (κ3) is 9.02. The molecular weight excluding hydrogens is 484 g/mol. The Morgan fingerprint density at radius 1 is 0.914 bits per heavy atom. The third-order valence-electron chi connectivity index (χ3n) is 5.34. The van der Waals surface area contributed by atoms with Gasteiger partial charge in [0.25, 0.3) is 5.91 Å². The summed E-state index contributed by atoms with van der Waals surface area (Å²) in [5.41, 5.74) is 1.04. The number of thiophene rings is 1. The van der Waals surface area contributed by atoms with Gasteiger partial charge in [0, 0.05) is 41.6 Å². The molecule has 0 atom stereocenters. The van der Waals surface area contributed by atoms with E-state index >= 15 is 0 Å². The number of halogens is 1. The van der Waals surface area contributed by atoms with E-state index in [0.29, 0.717) is 43.4 Å². The Hall–Kier alpha value is -2.87. The van der Waals surface area contributed by atoms with Gasteiger partial charge in [0.15, 0.2) is 6.61 Å². The number of nitrogens with zero attached hydrogens (tertiary/aromatic N) is 2. The lowest BCUT2D eigenvalue weighted by atomic mass is 10.2. The van der Waals surface area contributed by atoms with Crippen LogP contribution in [0.15, 0.2) is 66.7 Å². The summed E-state index contributed by atoms with van der Waals surface area (Å²) >= 11 is 7.59. The molecule has 0 aliphatic heterocycles. The number of ether oxygens (including phenoxy) is 2. The normalized spacial score (nSPS) is 10.7. The lowest BCUT2D eigenvalue weighted by Crippen LogP contribution is -2.44. The molecule has 8 heteroatoms. The molecule has 1 heterocycles. The van der Waals surface area contributed by atoms with Crippen molar-refractivity contribution in [3.63, 3.8) is 0 Å². The highest BCUT2D eigenvalue weighted by molar-refractivity contribution is 7.11. The van der Waals surface area contributed by atoms with Crippen molar-refractivity contribution in [3.05, 3.63) is 87.1 Å². The smallest absolute Gasteiger partial charge is 0.260 e. The van der Waals surface area contributed by atoms with E-state index in [2.05, 4.69) is 13.0 Å². The van der Waals surface area contributed by atoms with E-state index in [4.69, 9.17) is 21.1 Å². The number of carbonyl (C=O) groups is 2. The van der Waals surface area contributed by atoms with Crippen LogP contribution in [0.25, 0.3) is 0 Å². The number of carbonyl (C=O) groups excluding carboxylic acids is 2. The molecule has 0 radical (unpaired) electrons. The van der Waals surface area contributed by atoms with Crippen molar-refractivity contribution in [2.75, 3.05) is 33.4 Å². The summed E-state index contributed by atoms with van der Waals surface area (Å²) < 4.78 is 10.8. The summed E-state index contributed by atoms with van der Waals surface area (Å²) in [5, 5.41) is 0.593. The van der Waals surface area contributed by atoms with Crippen LogP contribution in [0.5, 0.6) is 5.75 Å². The van der Waals surface area contributed by atoms with Gasteiger partial charge in [-0.05, 0) is 55.3 Å². The lowest BCUT2D eigenvalue weighted by Gasteiger charge is -2.28. The van der Waals surface area contributed by atoms with Crippen LogP contribution in [-0.4, -0.2) is 55.0 Å². The quantitative estimate of drug-likeness (QED) is 0.295. The predicted molar refractivity (Wildman–Crippen MR) is 140 cm³/mol. The van der Waals surface area contributed by atoms with Crippen LogP contribution in [0.4, 0.5) is 0 Å². The van der Waals surface area contributed by atoms with Crippen molar-refractivity contribution in [1.29, 1.82) is 0 Å². The number of hydrogen-bond donors (Lipinski definition) is 0. The van der Waals surface area contributed by atoms with E-state index in [9.17, 15) is 9.59 Å².